The first-order valence-corrected chi connectivity index (χ1v) is 8.96. The van der Waals surface area contributed by atoms with Crippen LogP contribution in [0.3, 0.4) is 0 Å². The number of halogens is 1. The highest BCUT2D eigenvalue weighted by Crippen LogP contribution is 2.33. The summed E-state index contributed by atoms with van der Waals surface area (Å²) in [6.45, 7) is 1.83. The minimum Gasteiger partial charge on any atom is -0.448 e. The molecule has 0 bridgehead atoms. The summed E-state index contributed by atoms with van der Waals surface area (Å²) in [6.07, 6.45) is 2.76. The highest BCUT2D eigenvalue weighted by atomic mass is 79.9. The van der Waals surface area contributed by atoms with Gasteiger partial charge in [0, 0.05) is 6.20 Å². The van der Waals surface area contributed by atoms with Crippen molar-refractivity contribution < 1.29 is 17.6 Å². The SMILES string of the molecule is CC1(n2cc(C=O)c(-c3ccc(Br)o3)n2)CCS(=O)(=O)C1. The number of hydrogen-bond donors (Lipinski definition) is 0. The van der Waals surface area contributed by atoms with Gasteiger partial charge in [0.1, 0.15) is 5.69 Å². The van der Waals surface area contributed by atoms with Gasteiger partial charge >= 0.3 is 0 Å². The zero-order chi connectivity index (χ0) is 15.3. The number of carbonyl (C=O) groups is 1. The molecule has 6 nitrogen and oxygen atoms in total. The van der Waals surface area contributed by atoms with Crippen molar-refractivity contribution in [1.82, 2.24) is 9.78 Å². The fraction of sp³-hybridized carbons (Fsp3) is 0.385. The highest BCUT2D eigenvalue weighted by molar-refractivity contribution is 9.10. The van der Waals surface area contributed by atoms with Crippen molar-refractivity contribution in [3.63, 3.8) is 0 Å². The molecule has 0 spiro atoms. The molecule has 1 aliphatic heterocycles. The van der Waals surface area contributed by atoms with E-state index in [4.69, 9.17) is 4.42 Å². The third-order valence-corrected chi connectivity index (χ3v) is 6.03. The van der Waals surface area contributed by atoms with Crippen LogP contribution in [-0.2, 0) is 15.4 Å². The topological polar surface area (TPSA) is 82.2 Å². The number of rotatable bonds is 3. The molecule has 3 rings (SSSR count). The molecule has 0 aliphatic carbocycles. The molecular formula is C13H13BrN2O4S. The minimum atomic E-state index is -3.05. The predicted octanol–water partition coefficient (Wildman–Crippen LogP) is 2.25. The maximum atomic E-state index is 11.7. The maximum Gasteiger partial charge on any atom is 0.169 e. The Bertz CT molecular complexity index is 808. The molecule has 0 saturated carbocycles. The second-order valence-corrected chi connectivity index (χ2v) is 8.40. The summed E-state index contributed by atoms with van der Waals surface area (Å²) in [5, 5.41) is 4.39. The van der Waals surface area contributed by atoms with Crippen LogP contribution < -0.4 is 0 Å². The Morgan fingerprint density at radius 2 is 2.24 bits per heavy atom. The number of furan rings is 1. The van der Waals surface area contributed by atoms with Crippen molar-refractivity contribution >= 4 is 32.1 Å². The van der Waals surface area contributed by atoms with Gasteiger partial charge < -0.3 is 4.42 Å². The van der Waals surface area contributed by atoms with E-state index < -0.39 is 15.4 Å². The third-order valence-electron chi connectivity index (χ3n) is 3.71. The van der Waals surface area contributed by atoms with Crippen molar-refractivity contribution in [2.24, 2.45) is 0 Å². The standard InChI is InChI=1S/C13H13BrN2O4S/c1-13(4-5-21(18,19)8-13)16-6-9(7-17)12(15-16)10-2-3-11(14)20-10/h2-3,6-7H,4-5,8H2,1H3. The van der Waals surface area contributed by atoms with Gasteiger partial charge in [-0.2, -0.15) is 5.10 Å². The smallest absolute Gasteiger partial charge is 0.169 e. The van der Waals surface area contributed by atoms with Crippen LogP contribution >= 0.6 is 15.9 Å². The fourth-order valence-corrected chi connectivity index (χ4v) is 4.98. The molecule has 0 N–H and O–H groups in total. The lowest BCUT2D eigenvalue weighted by Gasteiger charge is -2.22. The number of aldehydes is 1. The summed E-state index contributed by atoms with van der Waals surface area (Å²) in [5.41, 5.74) is 0.169. The summed E-state index contributed by atoms with van der Waals surface area (Å²) in [7, 11) is -3.05. The summed E-state index contributed by atoms with van der Waals surface area (Å²) in [5.74, 6) is 0.634. The van der Waals surface area contributed by atoms with Crippen LogP contribution in [0.15, 0.2) is 27.4 Å². The lowest BCUT2D eigenvalue weighted by atomic mass is 10.0. The maximum absolute atomic E-state index is 11.7. The molecule has 0 aromatic carbocycles. The van der Waals surface area contributed by atoms with Crippen molar-refractivity contribution in [1.29, 1.82) is 0 Å². The normalized spacial score (nSPS) is 24.3. The number of hydrogen-bond acceptors (Lipinski definition) is 5. The van der Waals surface area contributed by atoms with Crippen molar-refractivity contribution in [2.75, 3.05) is 11.5 Å². The number of nitrogens with zero attached hydrogens (tertiary/aromatic N) is 2. The van der Waals surface area contributed by atoms with Crippen LogP contribution in [-0.4, -0.2) is 36.0 Å². The van der Waals surface area contributed by atoms with Gasteiger partial charge in [0.25, 0.3) is 0 Å². The Kier molecular flexibility index (Phi) is 3.32. The fourth-order valence-electron chi connectivity index (χ4n) is 2.56. The quantitative estimate of drug-likeness (QED) is 0.771. The number of aromatic nitrogens is 2. The number of carbonyl (C=O) groups excluding carboxylic acids is 1. The first-order chi connectivity index (χ1) is 9.83. The van der Waals surface area contributed by atoms with Gasteiger partial charge in [-0.15, -0.1) is 0 Å². The van der Waals surface area contributed by atoms with Gasteiger partial charge in [0.2, 0.25) is 0 Å². The lowest BCUT2D eigenvalue weighted by molar-refractivity contribution is 0.112. The second kappa shape index (κ2) is 4.81. The summed E-state index contributed by atoms with van der Waals surface area (Å²) in [4.78, 5) is 11.2. The minimum absolute atomic E-state index is 0.0290. The van der Waals surface area contributed by atoms with Crippen molar-refractivity contribution in [3.05, 3.63) is 28.6 Å². The van der Waals surface area contributed by atoms with E-state index >= 15 is 0 Å². The van der Waals surface area contributed by atoms with Gasteiger partial charge in [-0.1, -0.05) is 0 Å². The molecule has 1 atom stereocenters. The Morgan fingerprint density at radius 3 is 2.76 bits per heavy atom. The lowest BCUT2D eigenvalue weighted by Crippen LogP contribution is -2.31. The van der Waals surface area contributed by atoms with Gasteiger partial charge in [0.05, 0.1) is 22.6 Å². The summed E-state index contributed by atoms with van der Waals surface area (Å²) >= 11 is 3.21. The average molecular weight is 373 g/mol. The summed E-state index contributed by atoms with van der Waals surface area (Å²) < 4.78 is 31.0. The Hall–Kier alpha value is -1.41. The molecule has 1 aliphatic rings. The van der Waals surface area contributed by atoms with Crippen molar-refractivity contribution in [2.45, 2.75) is 18.9 Å². The van der Waals surface area contributed by atoms with Crippen LogP contribution in [0.1, 0.15) is 23.7 Å². The van der Waals surface area contributed by atoms with E-state index in [1.807, 2.05) is 6.92 Å². The van der Waals surface area contributed by atoms with E-state index in [1.165, 1.54) is 0 Å². The first-order valence-electron chi connectivity index (χ1n) is 6.34. The molecule has 1 fully saturated rings. The average Bonchev–Trinajstić information content (AvgIpc) is 3.07. The largest absolute Gasteiger partial charge is 0.448 e. The van der Waals surface area contributed by atoms with E-state index in [0.29, 0.717) is 34.4 Å². The third kappa shape index (κ3) is 2.57. The highest BCUT2D eigenvalue weighted by Gasteiger charge is 2.41. The zero-order valence-electron chi connectivity index (χ0n) is 11.2. The molecule has 1 saturated heterocycles. The number of sulfone groups is 1. The molecule has 112 valence electrons. The van der Waals surface area contributed by atoms with E-state index in [9.17, 15) is 13.2 Å². The molecule has 2 aromatic heterocycles. The van der Waals surface area contributed by atoms with Crippen LogP contribution in [0.4, 0.5) is 0 Å². The molecule has 1 unspecified atom stereocenters. The molecule has 2 aromatic rings. The van der Waals surface area contributed by atoms with Crippen LogP contribution in [0, 0.1) is 0 Å². The first kappa shape index (κ1) is 14.5. The Morgan fingerprint density at radius 1 is 1.48 bits per heavy atom. The van der Waals surface area contributed by atoms with Gasteiger partial charge in [-0.05, 0) is 41.4 Å². The second-order valence-electron chi connectivity index (χ2n) is 5.44. The van der Waals surface area contributed by atoms with E-state index in [0.717, 1.165) is 0 Å². The predicted molar refractivity (Wildman–Crippen MR) is 79.9 cm³/mol. The molecular weight excluding hydrogens is 360 g/mol. The molecule has 8 heteroatoms. The van der Waals surface area contributed by atoms with Crippen LogP contribution in [0.2, 0.25) is 0 Å². The molecule has 0 radical (unpaired) electrons. The molecule has 3 heterocycles. The van der Waals surface area contributed by atoms with Gasteiger partial charge in [-0.3, -0.25) is 9.48 Å². The van der Waals surface area contributed by atoms with Crippen molar-refractivity contribution in [3.8, 4) is 11.5 Å². The van der Waals surface area contributed by atoms with Gasteiger partial charge in [-0.25, -0.2) is 8.42 Å². The zero-order valence-corrected chi connectivity index (χ0v) is 13.6. The molecule has 21 heavy (non-hydrogen) atoms. The van der Waals surface area contributed by atoms with Crippen LogP contribution in [0.5, 0.6) is 0 Å². The monoisotopic (exact) mass is 372 g/mol. The van der Waals surface area contributed by atoms with E-state index in [1.54, 1.807) is 23.0 Å². The van der Waals surface area contributed by atoms with Gasteiger partial charge in [0.15, 0.2) is 26.6 Å². The Balaban J connectivity index is 2.06. The summed E-state index contributed by atoms with van der Waals surface area (Å²) in [6, 6.07) is 3.42. The van der Waals surface area contributed by atoms with Crippen LogP contribution in [0.25, 0.3) is 11.5 Å². The van der Waals surface area contributed by atoms with E-state index in [-0.39, 0.29) is 11.5 Å². The van der Waals surface area contributed by atoms with E-state index in [2.05, 4.69) is 21.0 Å². The molecule has 0 amide bonds. The Labute approximate surface area is 130 Å².